The molecule has 0 radical (unpaired) electrons. The van der Waals surface area contributed by atoms with Crippen LogP contribution in [0.3, 0.4) is 0 Å². The van der Waals surface area contributed by atoms with Crippen molar-refractivity contribution in [1.82, 2.24) is 14.9 Å². The number of methoxy groups -OCH3 is 2. The molecule has 7 nitrogen and oxygen atoms in total. The van der Waals surface area contributed by atoms with Gasteiger partial charge in [-0.2, -0.15) is 0 Å². The second-order valence-electron chi connectivity index (χ2n) is 7.65. The predicted octanol–water partition coefficient (Wildman–Crippen LogP) is 4.80. The van der Waals surface area contributed by atoms with E-state index >= 15 is 0 Å². The van der Waals surface area contributed by atoms with Crippen molar-refractivity contribution < 1.29 is 19.0 Å². The Bertz CT molecular complexity index is 1120. The number of benzene rings is 2. The maximum absolute atomic E-state index is 12.8. The molecule has 1 aromatic heterocycles. The number of halogens is 1. The fraction of sp³-hybridized carbons (Fsp3) is 0.280. The Kier molecular flexibility index (Phi) is 8.01. The molecule has 33 heavy (non-hydrogen) atoms. The van der Waals surface area contributed by atoms with Crippen molar-refractivity contribution in [3.8, 4) is 17.2 Å². The van der Waals surface area contributed by atoms with Crippen LogP contribution in [-0.4, -0.2) is 35.8 Å². The SMILES string of the molecule is COc1ccc(C(NC(=O)/C=C/c2cc(Cl)c(OC(C)C)c(OC)c2)c2nccn2C)cc1. The minimum Gasteiger partial charge on any atom is -0.497 e. The Hall–Kier alpha value is -3.45. The van der Waals surface area contributed by atoms with Gasteiger partial charge in [-0.3, -0.25) is 4.79 Å². The Morgan fingerprint density at radius 1 is 1.15 bits per heavy atom. The molecule has 0 saturated heterocycles. The average molecular weight is 470 g/mol. The van der Waals surface area contributed by atoms with Gasteiger partial charge in [0.2, 0.25) is 5.91 Å². The number of hydrogen-bond acceptors (Lipinski definition) is 5. The second-order valence-corrected chi connectivity index (χ2v) is 8.05. The summed E-state index contributed by atoms with van der Waals surface area (Å²) in [6, 6.07) is 10.6. The maximum Gasteiger partial charge on any atom is 0.244 e. The first-order valence-corrected chi connectivity index (χ1v) is 10.8. The number of rotatable bonds is 9. The number of hydrogen-bond donors (Lipinski definition) is 1. The standard InChI is InChI=1S/C25H28ClN3O4/c1-16(2)33-24-20(26)14-17(15-21(24)32-5)6-11-22(30)28-23(25-27-12-13-29(25)3)18-7-9-19(31-4)10-8-18/h6-16,23H,1-5H3,(H,28,30)/b11-6+. The number of carbonyl (C=O) groups excluding carboxylic acids is 1. The van der Waals surface area contributed by atoms with Crippen molar-refractivity contribution in [3.63, 3.8) is 0 Å². The van der Waals surface area contributed by atoms with E-state index in [1.165, 1.54) is 6.08 Å². The van der Waals surface area contributed by atoms with E-state index in [0.29, 0.717) is 27.9 Å². The van der Waals surface area contributed by atoms with Crippen LogP contribution in [0.4, 0.5) is 0 Å². The summed E-state index contributed by atoms with van der Waals surface area (Å²) >= 11 is 6.39. The third kappa shape index (κ3) is 6.08. The van der Waals surface area contributed by atoms with Crippen LogP contribution in [0.25, 0.3) is 6.08 Å². The van der Waals surface area contributed by atoms with Gasteiger partial charge in [0, 0.05) is 25.5 Å². The van der Waals surface area contributed by atoms with Crippen LogP contribution >= 0.6 is 11.6 Å². The van der Waals surface area contributed by atoms with E-state index < -0.39 is 6.04 Å². The highest BCUT2D eigenvalue weighted by Gasteiger charge is 2.20. The van der Waals surface area contributed by atoms with Gasteiger partial charge in [0.25, 0.3) is 0 Å². The molecule has 0 fully saturated rings. The molecule has 8 heteroatoms. The lowest BCUT2D eigenvalue weighted by Gasteiger charge is -2.18. The predicted molar refractivity (Wildman–Crippen MR) is 129 cm³/mol. The van der Waals surface area contributed by atoms with Gasteiger partial charge in [-0.05, 0) is 55.3 Å². The van der Waals surface area contributed by atoms with Crippen molar-refractivity contribution in [2.24, 2.45) is 7.05 Å². The van der Waals surface area contributed by atoms with Crippen molar-refractivity contribution in [3.05, 3.63) is 76.8 Å². The van der Waals surface area contributed by atoms with Gasteiger partial charge in [-0.1, -0.05) is 23.7 Å². The summed E-state index contributed by atoms with van der Waals surface area (Å²) in [5, 5.41) is 3.44. The molecule has 174 valence electrons. The number of aromatic nitrogens is 2. The number of carbonyl (C=O) groups is 1. The molecular weight excluding hydrogens is 442 g/mol. The van der Waals surface area contributed by atoms with Crippen LogP contribution in [0.2, 0.25) is 5.02 Å². The van der Waals surface area contributed by atoms with Crippen LogP contribution < -0.4 is 19.5 Å². The van der Waals surface area contributed by atoms with Gasteiger partial charge < -0.3 is 24.1 Å². The van der Waals surface area contributed by atoms with E-state index in [-0.39, 0.29) is 12.0 Å². The quantitative estimate of drug-likeness (QED) is 0.456. The fourth-order valence-electron chi connectivity index (χ4n) is 3.30. The zero-order chi connectivity index (χ0) is 24.0. The second kappa shape index (κ2) is 10.9. The first-order valence-electron chi connectivity index (χ1n) is 10.5. The molecule has 1 N–H and O–H groups in total. The Balaban J connectivity index is 1.83. The highest BCUT2D eigenvalue weighted by Crippen LogP contribution is 2.37. The molecule has 1 amide bonds. The van der Waals surface area contributed by atoms with Crippen molar-refractivity contribution in [2.45, 2.75) is 26.0 Å². The summed E-state index contributed by atoms with van der Waals surface area (Å²) in [6.07, 6.45) is 6.61. The summed E-state index contributed by atoms with van der Waals surface area (Å²) in [5.74, 6) is 2.14. The molecule has 1 heterocycles. The zero-order valence-electron chi connectivity index (χ0n) is 19.3. The summed E-state index contributed by atoms with van der Waals surface area (Å²) in [5.41, 5.74) is 1.59. The van der Waals surface area contributed by atoms with E-state index in [4.69, 9.17) is 25.8 Å². The van der Waals surface area contributed by atoms with Gasteiger partial charge in [0.15, 0.2) is 11.5 Å². The van der Waals surface area contributed by atoms with E-state index in [9.17, 15) is 4.79 Å². The zero-order valence-corrected chi connectivity index (χ0v) is 20.1. The minimum atomic E-state index is -0.437. The monoisotopic (exact) mass is 469 g/mol. The molecule has 0 aliphatic heterocycles. The molecule has 0 bridgehead atoms. The molecule has 3 aromatic rings. The van der Waals surface area contributed by atoms with Gasteiger partial charge in [-0.25, -0.2) is 4.98 Å². The van der Waals surface area contributed by atoms with Gasteiger partial charge >= 0.3 is 0 Å². The highest BCUT2D eigenvalue weighted by molar-refractivity contribution is 6.32. The van der Waals surface area contributed by atoms with Crippen molar-refractivity contribution >= 4 is 23.6 Å². The van der Waals surface area contributed by atoms with Gasteiger partial charge in [0.1, 0.15) is 17.6 Å². The molecule has 1 atom stereocenters. The van der Waals surface area contributed by atoms with E-state index in [1.807, 2.05) is 55.9 Å². The first-order chi connectivity index (χ1) is 15.8. The molecule has 2 aromatic carbocycles. The number of nitrogens with one attached hydrogen (secondary N) is 1. The van der Waals surface area contributed by atoms with Crippen LogP contribution in [0.1, 0.15) is 36.8 Å². The molecule has 3 rings (SSSR count). The number of amides is 1. The molecular formula is C25H28ClN3O4. The summed E-state index contributed by atoms with van der Waals surface area (Å²) in [6.45, 7) is 3.82. The van der Waals surface area contributed by atoms with E-state index in [2.05, 4.69) is 10.3 Å². The van der Waals surface area contributed by atoms with Crippen LogP contribution in [0.15, 0.2) is 54.9 Å². The molecule has 0 spiro atoms. The van der Waals surface area contributed by atoms with Gasteiger partial charge in [0.05, 0.1) is 25.3 Å². The molecule has 0 aliphatic carbocycles. The summed E-state index contributed by atoms with van der Waals surface area (Å²) < 4.78 is 18.3. The Labute approximate surface area is 198 Å². The third-order valence-electron chi connectivity index (χ3n) is 4.88. The lowest BCUT2D eigenvalue weighted by atomic mass is 10.1. The van der Waals surface area contributed by atoms with E-state index in [1.54, 1.807) is 38.6 Å². The van der Waals surface area contributed by atoms with Gasteiger partial charge in [-0.15, -0.1) is 0 Å². The summed E-state index contributed by atoms with van der Waals surface area (Å²) in [7, 11) is 5.04. The average Bonchev–Trinajstić information content (AvgIpc) is 3.22. The number of imidazole rings is 1. The Morgan fingerprint density at radius 3 is 2.45 bits per heavy atom. The number of nitrogens with zero attached hydrogens (tertiary/aromatic N) is 2. The van der Waals surface area contributed by atoms with Crippen molar-refractivity contribution in [2.75, 3.05) is 14.2 Å². The lowest BCUT2D eigenvalue weighted by molar-refractivity contribution is -0.117. The number of ether oxygens (including phenoxy) is 3. The van der Waals surface area contributed by atoms with Crippen LogP contribution in [0.5, 0.6) is 17.2 Å². The van der Waals surface area contributed by atoms with E-state index in [0.717, 1.165) is 11.3 Å². The number of aryl methyl sites for hydroxylation is 1. The highest BCUT2D eigenvalue weighted by atomic mass is 35.5. The van der Waals surface area contributed by atoms with Crippen LogP contribution in [-0.2, 0) is 11.8 Å². The molecule has 0 saturated carbocycles. The Morgan fingerprint density at radius 2 is 1.88 bits per heavy atom. The van der Waals surface area contributed by atoms with Crippen LogP contribution in [0, 0.1) is 0 Å². The maximum atomic E-state index is 12.8. The minimum absolute atomic E-state index is 0.0513. The molecule has 0 aliphatic rings. The van der Waals surface area contributed by atoms with Crippen molar-refractivity contribution in [1.29, 1.82) is 0 Å². The molecule has 1 unspecified atom stereocenters. The topological polar surface area (TPSA) is 74.6 Å². The fourth-order valence-corrected chi connectivity index (χ4v) is 3.56. The lowest BCUT2D eigenvalue weighted by Crippen LogP contribution is -2.29. The smallest absolute Gasteiger partial charge is 0.244 e. The summed E-state index contributed by atoms with van der Waals surface area (Å²) in [4.78, 5) is 17.3. The first kappa shape index (κ1) is 24.2. The third-order valence-corrected chi connectivity index (χ3v) is 5.17. The largest absolute Gasteiger partial charge is 0.497 e. The normalized spacial score (nSPS) is 12.1.